The molecule has 0 spiro atoms. The molecule has 6 heteroatoms. The maximum absolute atomic E-state index is 11.7. The lowest BCUT2D eigenvalue weighted by Crippen LogP contribution is -2.58. The van der Waals surface area contributed by atoms with Gasteiger partial charge in [0.1, 0.15) is 0 Å². The van der Waals surface area contributed by atoms with Gasteiger partial charge in [-0.25, -0.2) is 0 Å². The average Bonchev–Trinajstić information content (AvgIpc) is 2.27. The lowest BCUT2D eigenvalue weighted by atomic mass is 10.1. The summed E-state index contributed by atoms with van der Waals surface area (Å²) in [5.74, 6) is -0.733. The molecule has 1 heterocycles. The molecule has 0 unspecified atom stereocenters. The van der Waals surface area contributed by atoms with Crippen LogP contribution in [-0.4, -0.2) is 42.4 Å². The second kappa shape index (κ2) is 5.48. The van der Waals surface area contributed by atoms with Gasteiger partial charge in [0.15, 0.2) is 0 Å². The van der Waals surface area contributed by atoms with Crippen molar-refractivity contribution in [2.45, 2.75) is 6.04 Å². The van der Waals surface area contributed by atoms with Crippen LogP contribution in [0.15, 0.2) is 24.3 Å². The van der Waals surface area contributed by atoms with Crippen LogP contribution >= 0.6 is 11.6 Å². The van der Waals surface area contributed by atoms with Crippen LogP contribution in [-0.2, 0) is 4.79 Å². The van der Waals surface area contributed by atoms with Crippen molar-refractivity contribution in [1.82, 2.24) is 10.2 Å². The first-order chi connectivity index (χ1) is 8.54. The van der Waals surface area contributed by atoms with Crippen molar-refractivity contribution in [2.75, 3.05) is 19.6 Å². The number of nitrogens with one attached hydrogen (secondary N) is 1. The molecule has 1 aliphatic heterocycles. The van der Waals surface area contributed by atoms with E-state index < -0.39 is 5.91 Å². The molecule has 0 aliphatic carbocycles. The molecular weight excluding hydrogens is 254 g/mol. The highest BCUT2D eigenvalue weighted by atomic mass is 35.5. The van der Waals surface area contributed by atoms with E-state index in [-0.39, 0.29) is 18.5 Å². The quantitative estimate of drug-likeness (QED) is 0.823. The van der Waals surface area contributed by atoms with Crippen molar-refractivity contribution in [1.29, 1.82) is 0 Å². The van der Waals surface area contributed by atoms with E-state index in [0.29, 0.717) is 23.7 Å². The third-order valence-corrected chi connectivity index (χ3v) is 2.96. The van der Waals surface area contributed by atoms with Gasteiger partial charge in [0.05, 0.1) is 6.54 Å². The van der Waals surface area contributed by atoms with Gasteiger partial charge in [0, 0.05) is 29.7 Å². The van der Waals surface area contributed by atoms with E-state index >= 15 is 0 Å². The lowest BCUT2D eigenvalue weighted by Gasteiger charge is -2.35. The Morgan fingerprint density at radius 2 is 1.94 bits per heavy atom. The maximum atomic E-state index is 11.7. The number of amides is 2. The number of carbonyl (C=O) groups is 2. The van der Waals surface area contributed by atoms with Gasteiger partial charge in [0.2, 0.25) is 5.91 Å². The van der Waals surface area contributed by atoms with Crippen molar-refractivity contribution in [3.05, 3.63) is 34.9 Å². The van der Waals surface area contributed by atoms with Crippen LogP contribution in [0.4, 0.5) is 0 Å². The van der Waals surface area contributed by atoms with Gasteiger partial charge in [-0.1, -0.05) is 11.6 Å². The fourth-order valence-corrected chi connectivity index (χ4v) is 1.91. The second-order valence-electron chi connectivity index (χ2n) is 4.34. The zero-order valence-electron chi connectivity index (χ0n) is 9.73. The second-order valence-corrected chi connectivity index (χ2v) is 4.77. The Morgan fingerprint density at radius 1 is 1.33 bits per heavy atom. The van der Waals surface area contributed by atoms with Gasteiger partial charge in [-0.05, 0) is 24.3 Å². The molecule has 0 saturated carbocycles. The number of halogens is 1. The third-order valence-electron chi connectivity index (χ3n) is 2.71. The molecule has 1 aliphatic rings. The van der Waals surface area contributed by atoms with Crippen LogP contribution in [0.5, 0.6) is 0 Å². The SMILES string of the molecule is NC1CN(CC(=O)NC(=O)c2ccc(Cl)cc2)C1. The van der Waals surface area contributed by atoms with E-state index in [1.165, 1.54) is 0 Å². The highest BCUT2D eigenvalue weighted by Gasteiger charge is 2.25. The van der Waals surface area contributed by atoms with Crippen molar-refractivity contribution < 1.29 is 9.59 Å². The Labute approximate surface area is 110 Å². The third kappa shape index (κ3) is 3.29. The summed E-state index contributed by atoms with van der Waals surface area (Å²) in [6.07, 6.45) is 0. The molecule has 2 rings (SSSR count). The zero-order valence-corrected chi connectivity index (χ0v) is 10.5. The van der Waals surface area contributed by atoms with Gasteiger partial charge in [-0.15, -0.1) is 0 Å². The van der Waals surface area contributed by atoms with Crippen LogP contribution in [0.1, 0.15) is 10.4 Å². The van der Waals surface area contributed by atoms with E-state index in [9.17, 15) is 9.59 Å². The molecule has 1 fully saturated rings. The van der Waals surface area contributed by atoms with Gasteiger partial charge in [-0.2, -0.15) is 0 Å². The van der Waals surface area contributed by atoms with Crippen molar-refractivity contribution in [3.63, 3.8) is 0 Å². The highest BCUT2D eigenvalue weighted by molar-refractivity contribution is 6.30. The van der Waals surface area contributed by atoms with E-state index in [0.717, 1.165) is 0 Å². The monoisotopic (exact) mass is 267 g/mol. The minimum absolute atomic E-state index is 0.143. The molecule has 1 aromatic rings. The Bertz CT molecular complexity index is 455. The number of rotatable bonds is 3. The summed E-state index contributed by atoms with van der Waals surface area (Å²) in [6, 6.07) is 6.50. The van der Waals surface area contributed by atoms with E-state index in [1.54, 1.807) is 24.3 Å². The Morgan fingerprint density at radius 3 is 2.50 bits per heavy atom. The summed E-state index contributed by atoms with van der Waals surface area (Å²) in [5, 5.41) is 2.87. The number of carbonyl (C=O) groups excluding carboxylic acids is 2. The summed E-state index contributed by atoms with van der Waals surface area (Å²) in [5.41, 5.74) is 6.01. The van der Waals surface area contributed by atoms with Crippen molar-refractivity contribution in [3.8, 4) is 0 Å². The normalized spacial score (nSPS) is 16.1. The first kappa shape index (κ1) is 13.0. The van der Waals surface area contributed by atoms with Crippen LogP contribution in [0.25, 0.3) is 0 Å². The first-order valence-electron chi connectivity index (χ1n) is 5.62. The zero-order chi connectivity index (χ0) is 13.1. The summed E-state index contributed by atoms with van der Waals surface area (Å²) in [6.45, 7) is 1.60. The fourth-order valence-electron chi connectivity index (χ4n) is 1.78. The Hall–Kier alpha value is -1.43. The van der Waals surface area contributed by atoms with Crippen LogP contribution in [0, 0.1) is 0 Å². The molecule has 5 nitrogen and oxygen atoms in total. The van der Waals surface area contributed by atoms with Gasteiger partial charge in [0.25, 0.3) is 5.91 Å². The number of benzene rings is 1. The molecule has 0 radical (unpaired) electrons. The predicted molar refractivity (Wildman–Crippen MR) is 68.3 cm³/mol. The molecule has 0 bridgehead atoms. The standard InChI is InChI=1S/C12H14ClN3O2/c13-9-3-1-8(2-4-9)12(18)15-11(17)7-16-5-10(14)6-16/h1-4,10H,5-7,14H2,(H,15,17,18). The molecule has 3 N–H and O–H groups in total. The maximum Gasteiger partial charge on any atom is 0.257 e. The number of nitrogens with zero attached hydrogens (tertiary/aromatic N) is 1. The van der Waals surface area contributed by atoms with Crippen molar-refractivity contribution >= 4 is 23.4 Å². The predicted octanol–water partition coefficient (Wildman–Crippen LogP) is 0.239. The van der Waals surface area contributed by atoms with E-state index in [4.69, 9.17) is 17.3 Å². The molecule has 1 aromatic carbocycles. The number of likely N-dealkylation sites (tertiary alicyclic amines) is 1. The summed E-state index contributed by atoms with van der Waals surface area (Å²) in [7, 11) is 0. The van der Waals surface area contributed by atoms with Gasteiger partial charge < -0.3 is 5.73 Å². The summed E-state index contributed by atoms with van der Waals surface area (Å²) < 4.78 is 0. The number of hydrogen-bond donors (Lipinski definition) is 2. The van der Waals surface area contributed by atoms with E-state index in [2.05, 4.69) is 5.32 Å². The summed E-state index contributed by atoms with van der Waals surface area (Å²) in [4.78, 5) is 25.1. The topological polar surface area (TPSA) is 75.4 Å². The Balaban J connectivity index is 1.83. The van der Waals surface area contributed by atoms with Crippen LogP contribution in [0.2, 0.25) is 5.02 Å². The molecule has 96 valence electrons. The highest BCUT2D eigenvalue weighted by Crippen LogP contribution is 2.09. The lowest BCUT2D eigenvalue weighted by molar-refractivity contribution is -0.122. The van der Waals surface area contributed by atoms with Crippen LogP contribution in [0.3, 0.4) is 0 Å². The smallest absolute Gasteiger partial charge is 0.257 e. The van der Waals surface area contributed by atoms with Crippen molar-refractivity contribution in [2.24, 2.45) is 5.73 Å². The minimum atomic E-state index is -0.415. The fraction of sp³-hybridized carbons (Fsp3) is 0.333. The van der Waals surface area contributed by atoms with Crippen LogP contribution < -0.4 is 11.1 Å². The average molecular weight is 268 g/mol. The number of nitrogens with two attached hydrogens (primary N) is 1. The Kier molecular flexibility index (Phi) is 3.96. The van der Waals surface area contributed by atoms with Gasteiger partial charge >= 0.3 is 0 Å². The molecule has 2 amide bonds. The largest absolute Gasteiger partial charge is 0.325 e. The van der Waals surface area contributed by atoms with E-state index in [1.807, 2.05) is 4.90 Å². The molecule has 18 heavy (non-hydrogen) atoms. The molecule has 0 atom stereocenters. The molecular formula is C12H14ClN3O2. The molecule has 1 saturated heterocycles. The summed E-state index contributed by atoms with van der Waals surface area (Å²) >= 11 is 5.71. The van der Waals surface area contributed by atoms with Gasteiger partial charge in [-0.3, -0.25) is 19.8 Å². The molecule has 0 aromatic heterocycles. The first-order valence-corrected chi connectivity index (χ1v) is 6.00. The number of hydrogen-bond acceptors (Lipinski definition) is 4. The number of imide groups is 1. The minimum Gasteiger partial charge on any atom is -0.325 e.